The van der Waals surface area contributed by atoms with E-state index in [1.165, 1.54) is 6.07 Å². The number of halogens is 3. The van der Waals surface area contributed by atoms with E-state index in [1.54, 1.807) is 0 Å². The molecule has 3 heterocycles. The second-order valence-electron chi connectivity index (χ2n) is 10.8. The van der Waals surface area contributed by atoms with Gasteiger partial charge in [-0.25, -0.2) is 4.98 Å². The monoisotopic (exact) mass is 528 g/mol. The van der Waals surface area contributed by atoms with E-state index < -0.39 is 11.7 Å². The number of fused-ring (bicyclic) bond motifs is 2. The van der Waals surface area contributed by atoms with E-state index in [2.05, 4.69) is 23.2 Å². The third-order valence-corrected chi connectivity index (χ3v) is 8.07. The maximum atomic E-state index is 13.5. The molecule has 0 radical (unpaired) electrons. The number of nitrogens with one attached hydrogen (secondary N) is 1. The predicted molar refractivity (Wildman–Crippen MR) is 145 cm³/mol. The lowest BCUT2D eigenvalue weighted by atomic mass is 10.0. The van der Waals surface area contributed by atoms with Crippen LogP contribution in [0.4, 0.5) is 13.2 Å². The van der Waals surface area contributed by atoms with Crippen LogP contribution in [0.5, 0.6) is 0 Å². The molecule has 0 bridgehead atoms. The number of alkyl halides is 3. The molecule has 2 aliphatic rings. The number of aromatic nitrogens is 3. The van der Waals surface area contributed by atoms with Gasteiger partial charge in [-0.15, -0.1) is 0 Å². The number of aromatic amines is 1. The van der Waals surface area contributed by atoms with E-state index >= 15 is 0 Å². The van der Waals surface area contributed by atoms with Crippen molar-refractivity contribution in [2.24, 2.45) is 11.8 Å². The molecule has 8 heteroatoms. The molecule has 1 unspecified atom stereocenters. The fraction of sp³-hybridized carbons (Fsp3) is 0.290. The summed E-state index contributed by atoms with van der Waals surface area (Å²) >= 11 is 0. The average Bonchev–Trinajstić information content (AvgIpc) is 3.33. The van der Waals surface area contributed by atoms with Gasteiger partial charge < -0.3 is 14.5 Å². The van der Waals surface area contributed by atoms with E-state index in [9.17, 15) is 18.0 Å². The van der Waals surface area contributed by atoms with Gasteiger partial charge in [0, 0.05) is 42.8 Å². The van der Waals surface area contributed by atoms with Gasteiger partial charge in [-0.05, 0) is 72.0 Å². The number of amides is 1. The molecule has 1 amide bonds. The molecule has 2 fully saturated rings. The highest BCUT2D eigenvalue weighted by molar-refractivity contribution is 5.86. The Morgan fingerprint density at radius 1 is 0.923 bits per heavy atom. The number of likely N-dealkylation sites (tertiary alicyclic amines) is 1. The molecule has 1 atom stereocenters. The summed E-state index contributed by atoms with van der Waals surface area (Å²) in [5.41, 5.74) is 4.31. The standard InChI is InChI=1S/C31H27F3N4O/c32-31(33,34)25-9-10-28-27(16-25)36-29(38(28)18-19-12-14-37(17-19)30(39)23-6-7-23)22-4-1-20(2-5-22)24-8-3-21-11-13-35-26(21)15-24/h1-5,8-11,13,15-16,19,23,35H,6-7,12,14,17-18H2. The Labute approximate surface area is 223 Å². The molecule has 5 aromatic rings. The zero-order valence-electron chi connectivity index (χ0n) is 21.2. The highest BCUT2D eigenvalue weighted by Gasteiger charge is 2.37. The van der Waals surface area contributed by atoms with Crippen LogP contribution >= 0.6 is 0 Å². The van der Waals surface area contributed by atoms with Gasteiger partial charge in [0.1, 0.15) is 5.82 Å². The second-order valence-corrected chi connectivity index (χ2v) is 10.8. The lowest BCUT2D eigenvalue weighted by molar-refractivity contribution is -0.137. The first-order valence-corrected chi connectivity index (χ1v) is 13.4. The zero-order valence-corrected chi connectivity index (χ0v) is 21.2. The number of carbonyl (C=O) groups is 1. The first-order valence-electron chi connectivity index (χ1n) is 13.4. The quantitative estimate of drug-likeness (QED) is 0.264. The summed E-state index contributed by atoms with van der Waals surface area (Å²) in [6.45, 7) is 2.01. The summed E-state index contributed by atoms with van der Waals surface area (Å²) in [7, 11) is 0. The lowest BCUT2D eigenvalue weighted by Gasteiger charge is -2.18. The molecule has 1 aliphatic carbocycles. The van der Waals surface area contributed by atoms with Crippen LogP contribution in [0.3, 0.4) is 0 Å². The minimum Gasteiger partial charge on any atom is -0.361 e. The molecule has 39 heavy (non-hydrogen) atoms. The average molecular weight is 529 g/mol. The normalized spacial score (nSPS) is 17.9. The summed E-state index contributed by atoms with van der Waals surface area (Å²) in [6, 6.07) is 20.1. The highest BCUT2D eigenvalue weighted by Crippen LogP contribution is 2.36. The van der Waals surface area contributed by atoms with Crippen LogP contribution in [0, 0.1) is 11.8 Å². The highest BCUT2D eigenvalue weighted by atomic mass is 19.4. The van der Waals surface area contributed by atoms with Crippen molar-refractivity contribution in [2.75, 3.05) is 13.1 Å². The largest absolute Gasteiger partial charge is 0.416 e. The third-order valence-electron chi connectivity index (χ3n) is 8.07. The molecule has 1 N–H and O–H groups in total. The van der Waals surface area contributed by atoms with Crippen LogP contribution in [0.25, 0.3) is 44.5 Å². The van der Waals surface area contributed by atoms with Crippen molar-refractivity contribution in [1.82, 2.24) is 19.4 Å². The minimum atomic E-state index is -4.44. The van der Waals surface area contributed by atoms with Gasteiger partial charge in [-0.2, -0.15) is 13.2 Å². The molecule has 0 spiro atoms. The van der Waals surface area contributed by atoms with Crippen LogP contribution in [-0.4, -0.2) is 38.4 Å². The van der Waals surface area contributed by atoms with E-state index in [4.69, 9.17) is 4.98 Å². The summed E-state index contributed by atoms with van der Waals surface area (Å²) in [5, 5.41) is 1.15. The summed E-state index contributed by atoms with van der Waals surface area (Å²) in [4.78, 5) is 22.5. The van der Waals surface area contributed by atoms with Crippen LogP contribution in [0.2, 0.25) is 0 Å². The van der Waals surface area contributed by atoms with Gasteiger partial charge in [0.05, 0.1) is 16.6 Å². The van der Waals surface area contributed by atoms with Gasteiger partial charge in [0.2, 0.25) is 5.91 Å². The Bertz CT molecular complexity index is 1690. The fourth-order valence-corrected chi connectivity index (χ4v) is 5.78. The number of benzene rings is 3. The molecule has 1 aliphatic heterocycles. The molecule has 1 saturated carbocycles. The Morgan fingerprint density at radius 3 is 2.46 bits per heavy atom. The minimum absolute atomic E-state index is 0.186. The molecular formula is C31H27F3N4O. The van der Waals surface area contributed by atoms with Gasteiger partial charge in [0.15, 0.2) is 0 Å². The number of nitrogens with zero attached hydrogens (tertiary/aromatic N) is 3. The number of imidazole rings is 1. The summed E-state index contributed by atoms with van der Waals surface area (Å²) in [6.07, 6.45) is 0.310. The van der Waals surface area contributed by atoms with Crippen molar-refractivity contribution >= 4 is 27.8 Å². The third kappa shape index (κ3) is 4.47. The number of hydrogen-bond acceptors (Lipinski definition) is 2. The summed E-state index contributed by atoms with van der Waals surface area (Å²) < 4.78 is 42.4. The van der Waals surface area contributed by atoms with Gasteiger partial charge >= 0.3 is 6.18 Å². The Hall–Kier alpha value is -4.07. The smallest absolute Gasteiger partial charge is 0.361 e. The van der Waals surface area contributed by atoms with E-state index in [-0.39, 0.29) is 17.7 Å². The molecule has 2 aromatic heterocycles. The van der Waals surface area contributed by atoms with Crippen LogP contribution in [0.1, 0.15) is 24.8 Å². The molecule has 1 saturated heterocycles. The second kappa shape index (κ2) is 9.00. The number of rotatable bonds is 5. The van der Waals surface area contributed by atoms with Gasteiger partial charge in [-0.1, -0.05) is 36.4 Å². The van der Waals surface area contributed by atoms with Crippen molar-refractivity contribution in [3.8, 4) is 22.5 Å². The number of H-pyrrole nitrogens is 1. The topological polar surface area (TPSA) is 53.9 Å². The molecule has 7 rings (SSSR count). The van der Waals surface area contributed by atoms with Crippen molar-refractivity contribution in [3.05, 3.63) is 78.5 Å². The molecule has 198 valence electrons. The van der Waals surface area contributed by atoms with Crippen LogP contribution in [-0.2, 0) is 17.5 Å². The lowest BCUT2D eigenvalue weighted by Crippen LogP contribution is -2.30. The fourth-order valence-electron chi connectivity index (χ4n) is 5.78. The van der Waals surface area contributed by atoms with E-state index in [0.29, 0.717) is 29.9 Å². The van der Waals surface area contributed by atoms with E-state index in [1.807, 2.05) is 46.0 Å². The van der Waals surface area contributed by atoms with Crippen molar-refractivity contribution in [1.29, 1.82) is 0 Å². The first-order chi connectivity index (χ1) is 18.8. The SMILES string of the molecule is O=C(C1CC1)N1CCC(Cn2c(-c3ccc(-c4ccc5cc[nH]c5c4)cc3)nc3cc(C(F)(F)F)ccc32)C1. The Kier molecular flexibility index (Phi) is 5.54. The maximum Gasteiger partial charge on any atom is 0.416 e. The molecular weight excluding hydrogens is 501 g/mol. The van der Waals surface area contributed by atoms with Crippen molar-refractivity contribution in [2.45, 2.75) is 32.0 Å². The van der Waals surface area contributed by atoms with Crippen molar-refractivity contribution in [3.63, 3.8) is 0 Å². The van der Waals surface area contributed by atoms with Crippen LogP contribution < -0.4 is 0 Å². The number of carbonyl (C=O) groups excluding carboxylic acids is 1. The van der Waals surface area contributed by atoms with Gasteiger partial charge in [0.25, 0.3) is 0 Å². The molecule has 3 aromatic carbocycles. The van der Waals surface area contributed by atoms with Gasteiger partial charge in [-0.3, -0.25) is 4.79 Å². The predicted octanol–water partition coefficient (Wildman–Crippen LogP) is 7.13. The van der Waals surface area contributed by atoms with Crippen LogP contribution in [0.15, 0.2) is 72.9 Å². The zero-order chi connectivity index (χ0) is 26.7. The molecule has 5 nitrogen and oxygen atoms in total. The maximum absolute atomic E-state index is 13.5. The van der Waals surface area contributed by atoms with E-state index in [0.717, 1.165) is 65.5 Å². The Morgan fingerprint density at radius 2 is 1.69 bits per heavy atom. The summed E-state index contributed by atoms with van der Waals surface area (Å²) in [5.74, 6) is 1.29. The first kappa shape index (κ1) is 24.0. The van der Waals surface area contributed by atoms with Crippen molar-refractivity contribution < 1.29 is 18.0 Å². The number of hydrogen-bond donors (Lipinski definition) is 1. The Balaban J connectivity index is 1.24.